The monoisotopic (exact) mass is 394 g/mol. The second-order valence-electron chi connectivity index (χ2n) is 6.67. The van der Waals surface area contributed by atoms with E-state index in [4.69, 9.17) is 21.6 Å². The van der Waals surface area contributed by atoms with Crippen molar-refractivity contribution in [2.75, 3.05) is 6.54 Å². The summed E-state index contributed by atoms with van der Waals surface area (Å²) in [6, 6.07) is 18.5. The Morgan fingerprint density at radius 2 is 1.93 bits per heavy atom. The van der Waals surface area contributed by atoms with Crippen LogP contribution in [0.1, 0.15) is 23.9 Å². The van der Waals surface area contributed by atoms with E-state index < -0.39 is 0 Å². The van der Waals surface area contributed by atoms with Gasteiger partial charge in [0.05, 0.1) is 22.9 Å². The molecule has 5 rings (SSSR count). The maximum Gasteiger partial charge on any atom is 0.288 e. The number of nitrogens with zero attached hydrogens (tertiary/aromatic N) is 4. The minimum atomic E-state index is 0.307. The molecule has 0 aliphatic carbocycles. The van der Waals surface area contributed by atoms with Gasteiger partial charge >= 0.3 is 0 Å². The number of benzene rings is 2. The number of fused-ring (bicyclic) bond motifs is 1. The lowest BCUT2D eigenvalue weighted by atomic mass is 10.2. The van der Waals surface area contributed by atoms with Crippen LogP contribution in [0.25, 0.3) is 21.7 Å². The molecular formula is C20H18N4OS2. The van der Waals surface area contributed by atoms with E-state index in [0.717, 1.165) is 30.5 Å². The summed E-state index contributed by atoms with van der Waals surface area (Å²) in [5, 5.41) is 5.77. The van der Waals surface area contributed by atoms with Crippen molar-refractivity contribution >= 4 is 33.8 Å². The van der Waals surface area contributed by atoms with Crippen molar-refractivity contribution < 1.29 is 4.42 Å². The first-order chi connectivity index (χ1) is 13.3. The van der Waals surface area contributed by atoms with Gasteiger partial charge in [-0.3, -0.25) is 4.90 Å². The summed E-state index contributed by atoms with van der Waals surface area (Å²) in [5.41, 5.74) is 2.01. The Morgan fingerprint density at radius 1 is 1.11 bits per heavy atom. The van der Waals surface area contributed by atoms with Crippen molar-refractivity contribution in [2.45, 2.75) is 25.6 Å². The highest BCUT2D eigenvalue weighted by atomic mass is 32.1. The molecule has 0 spiro atoms. The average Bonchev–Trinajstić information content (AvgIpc) is 3.41. The van der Waals surface area contributed by atoms with E-state index in [1.165, 1.54) is 9.71 Å². The second kappa shape index (κ2) is 6.99. The van der Waals surface area contributed by atoms with Crippen LogP contribution in [-0.4, -0.2) is 26.2 Å². The lowest BCUT2D eigenvalue weighted by Crippen LogP contribution is -2.26. The lowest BCUT2D eigenvalue weighted by Gasteiger charge is -2.21. The summed E-state index contributed by atoms with van der Waals surface area (Å²) >= 11 is 7.19. The van der Waals surface area contributed by atoms with E-state index >= 15 is 0 Å². The molecule has 2 aromatic carbocycles. The Hall–Kier alpha value is -2.35. The first-order valence-corrected chi connectivity index (χ1v) is 10.2. The molecule has 1 aliphatic rings. The van der Waals surface area contributed by atoms with Crippen molar-refractivity contribution in [1.29, 1.82) is 0 Å². The second-order valence-corrected chi connectivity index (χ2v) is 8.08. The topological polar surface area (TPSA) is 47.1 Å². The summed E-state index contributed by atoms with van der Waals surface area (Å²) in [6.07, 6.45) is 2.26. The smallest absolute Gasteiger partial charge is 0.288 e. The fourth-order valence-electron chi connectivity index (χ4n) is 3.57. The fourth-order valence-corrected chi connectivity index (χ4v) is 4.89. The molecular weight excluding hydrogens is 376 g/mol. The Balaban J connectivity index is 1.41. The van der Waals surface area contributed by atoms with Crippen LogP contribution < -0.4 is 0 Å². The molecule has 0 N–H and O–H groups in total. The molecule has 1 saturated heterocycles. The number of likely N-dealkylation sites (tertiary alicyclic amines) is 1. The molecule has 0 amide bonds. The molecule has 0 bridgehead atoms. The normalized spacial score (nSPS) is 17.7. The van der Waals surface area contributed by atoms with Crippen LogP contribution in [-0.2, 0) is 6.67 Å². The Labute approximate surface area is 165 Å². The number of hydrogen-bond acceptors (Lipinski definition) is 6. The number of rotatable bonds is 4. The number of aromatic nitrogens is 3. The van der Waals surface area contributed by atoms with Crippen LogP contribution in [0.3, 0.4) is 0 Å². The first kappa shape index (κ1) is 16.8. The molecule has 1 aliphatic heterocycles. The summed E-state index contributed by atoms with van der Waals surface area (Å²) in [6.45, 7) is 1.63. The van der Waals surface area contributed by atoms with Gasteiger partial charge in [-0.05, 0) is 49.3 Å². The third-order valence-corrected chi connectivity index (χ3v) is 6.33. The zero-order valence-corrected chi connectivity index (χ0v) is 16.2. The van der Waals surface area contributed by atoms with Crippen molar-refractivity contribution in [1.82, 2.24) is 19.7 Å². The van der Waals surface area contributed by atoms with Crippen LogP contribution in [0.2, 0.25) is 0 Å². The van der Waals surface area contributed by atoms with E-state index in [-0.39, 0.29) is 0 Å². The van der Waals surface area contributed by atoms with Crippen LogP contribution in [0.15, 0.2) is 59.0 Å². The molecule has 2 aromatic heterocycles. The fraction of sp³-hybridized carbons (Fsp3) is 0.250. The third-order valence-electron chi connectivity index (χ3n) is 4.90. The van der Waals surface area contributed by atoms with Crippen molar-refractivity contribution in [3.63, 3.8) is 0 Å². The van der Waals surface area contributed by atoms with Gasteiger partial charge in [0.25, 0.3) is 4.84 Å². The molecule has 0 saturated carbocycles. The average molecular weight is 395 g/mol. The van der Waals surface area contributed by atoms with Gasteiger partial charge in [0.15, 0.2) is 0 Å². The van der Waals surface area contributed by atoms with Gasteiger partial charge < -0.3 is 4.42 Å². The molecule has 1 fully saturated rings. The number of thiazole rings is 1. The van der Waals surface area contributed by atoms with Gasteiger partial charge in [-0.25, -0.2) is 9.67 Å². The van der Waals surface area contributed by atoms with E-state index in [1.54, 1.807) is 16.0 Å². The highest BCUT2D eigenvalue weighted by molar-refractivity contribution is 7.71. The van der Waals surface area contributed by atoms with E-state index in [9.17, 15) is 0 Å². The molecule has 1 atom stereocenters. The molecule has 136 valence electrons. The minimum Gasteiger partial charge on any atom is -0.409 e. The molecule has 27 heavy (non-hydrogen) atoms. The van der Waals surface area contributed by atoms with E-state index in [2.05, 4.69) is 28.2 Å². The summed E-state index contributed by atoms with van der Waals surface area (Å²) in [5.74, 6) is 0.566. The molecule has 7 heteroatoms. The molecule has 0 radical (unpaired) electrons. The van der Waals surface area contributed by atoms with Crippen LogP contribution in [0.4, 0.5) is 0 Å². The SMILES string of the molecule is S=c1oc(-c2ccccc2)nn1CN1CCC[C@@H]1c1nc2ccccc2s1. The van der Waals surface area contributed by atoms with Gasteiger partial charge in [-0.2, -0.15) is 0 Å². The number of para-hydroxylation sites is 1. The van der Waals surface area contributed by atoms with Crippen LogP contribution in [0, 0.1) is 4.84 Å². The Kier molecular flexibility index (Phi) is 4.35. The van der Waals surface area contributed by atoms with Crippen LogP contribution >= 0.6 is 23.6 Å². The first-order valence-electron chi connectivity index (χ1n) is 9.01. The zero-order chi connectivity index (χ0) is 18.2. The summed E-state index contributed by atoms with van der Waals surface area (Å²) in [4.78, 5) is 7.66. The van der Waals surface area contributed by atoms with Gasteiger partial charge in [-0.1, -0.05) is 30.3 Å². The van der Waals surface area contributed by atoms with Crippen molar-refractivity contribution in [2.24, 2.45) is 0 Å². The largest absolute Gasteiger partial charge is 0.409 e. The van der Waals surface area contributed by atoms with Crippen molar-refractivity contribution in [3.8, 4) is 11.5 Å². The quantitative estimate of drug-likeness (QED) is 0.441. The Morgan fingerprint density at radius 3 is 2.78 bits per heavy atom. The molecule has 0 unspecified atom stereocenters. The maximum absolute atomic E-state index is 5.73. The van der Waals surface area contributed by atoms with Gasteiger partial charge in [0, 0.05) is 12.1 Å². The highest BCUT2D eigenvalue weighted by Crippen LogP contribution is 2.36. The molecule has 4 aromatic rings. The van der Waals surface area contributed by atoms with Gasteiger partial charge in [0.1, 0.15) is 5.01 Å². The lowest BCUT2D eigenvalue weighted by molar-refractivity contribution is 0.187. The van der Waals surface area contributed by atoms with Crippen molar-refractivity contribution in [3.05, 3.63) is 64.4 Å². The molecule has 5 nitrogen and oxygen atoms in total. The van der Waals surface area contributed by atoms with E-state index in [1.807, 2.05) is 36.4 Å². The third kappa shape index (κ3) is 3.22. The minimum absolute atomic E-state index is 0.307. The standard InChI is InChI=1S/C20H18N4OS2/c26-20-24(22-18(25-20)14-7-2-1-3-8-14)13-23-12-6-10-16(23)19-21-15-9-4-5-11-17(15)27-19/h1-5,7-9,11,16H,6,10,12-13H2/t16-/m1/s1. The number of hydrogen-bond donors (Lipinski definition) is 0. The van der Waals surface area contributed by atoms with Gasteiger partial charge in [-0.15, -0.1) is 16.4 Å². The zero-order valence-electron chi connectivity index (χ0n) is 14.6. The maximum atomic E-state index is 5.73. The molecule has 3 heterocycles. The van der Waals surface area contributed by atoms with E-state index in [0.29, 0.717) is 23.4 Å². The van der Waals surface area contributed by atoms with Gasteiger partial charge in [0.2, 0.25) is 5.89 Å². The predicted molar refractivity (Wildman–Crippen MR) is 109 cm³/mol. The van der Waals surface area contributed by atoms with Crippen LogP contribution in [0.5, 0.6) is 0 Å². The summed E-state index contributed by atoms with van der Waals surface area (Å²) < 4.78 is 8.75. The predicted octanol–water partition coefficient (Wildman–Crippen LogP) is 5.28. The Bertz CT molecular complexity index is 1100. The highest BCUT2D eigenvalue weighted by Gasteiger charge is 2.29. The summed E-state index contributed by atoms with van der Waals surface area (Å²) in [7, 11) is 0.